The smallest absolute Gasteiger partial charge is 0.345 e. The molecule has 1 aliphatic carbocycles. The molecule has 1 aromatic rings. The number of carboxylic acids is 1. The van der Waals surface area contributed by atoms with Gasteiger partial charge in [-0.2, -0.15) is 0 Å². The van der Waals surface area contributed by atoms with Crippen molar-refractivity contribution in [3.63, 3.8) is 0 Å². The summed E-state index contributed by atoms with van der Waals surface area (Å²) in [6, 6.07) is 3.53. The topological polar surface area (TPSA) is 77.8 Å². The van der Waals surface area contributed by atoms with Crippen molar-refractivity contribution in [1.29, 1.82) is 0 Å². The molecule has 27 heavy (non-hydrogen) atoms. The van der Waals surface area contributed by atoms with Gasteiger partial charge in [0.05, 0.1) is 12.2 Å². The maximum Gasteiger partial charge on any atom is 0.345 e. The Hall–Kier alpha value is -0.880. The molecule has 1 heterocycles. The minimum atomic E-state index is -0.881. The Kier molecular flexibility index (Phi) is 9.30. The molecule has 0 spiro atoms. The van der Waals surface area contributed by atoms with Crippen LogP contribution in [0.3, 0.4) is 0 Å². The lowest BCUT2D eigenvalue weighted by Gasteiger charge is -2.21. The van der Waals surface area contributed by atoms with Crippen LogP contribution in [0.5, 0.6) is 0 Å². The highest BCUT2D eigenvalue weighted by Crippen LogP contribution is 2.40. The van der Waals surface area contributed by atoms with Crippen molar-refractivity contribution < 1.29 is 20.1 Å². The van der Waals surface area contributed by atoms with E-state index >= 15 is 0 Å². The predicted molar refractivity (Wildman–Crippen MR) is 111 cm³/mol. The quantitative estimate of drug-likeness (QED) is 0.274. The summed E-state index contributed by atoms with van der Waals surface area (Å²) in [4.78, 5) is 12.4. The van der Waals surface area contributed by atoms with Crippen LogP contribution in [0.1, 0.15) is 66.4 Å². The number of halogens is 1. The van der Waals surface area contributed by atoms with E-state index in [4.69, 9.17) is 16.7 Å². The van der Waals surface area contributed by atoms with Gasteiger partial charge in [-0.05, 0) is 50.2 Å². The molecule has 1 fully saturated rings. The summed E-state index contributed by atoms with van der Waals surface area (Å²) in [7, 11) is 0. The third-order valence-corrected chi connectivity index (χ3v) is 7.00. The molecule has 0 bridgehead atoms. The molecular weight excluding hydrogens is 384 g/mol. The average molecular weight is 415 g/mol. The van der Waals surface area contributed by atoms with E-state index in [9.17, 15) is 15.0 Å². The van der Waals surface area contributed by atoms with Crippen molar-refractivity contribution in [1.82, 2.24) is 0 Å². The first-order valence-corrected chi connectivity index (χ1v) is 11.2. The van der Waals surface area contributed by atoms with Gasteiger partial charge in [0, 0.05) is 16.2 Å². The molecule has 1 saturated carbocycles. The Balaban J connectivity index is 1.85. The van der Waals surface area contributed by atoms with Gasteiger partial charge in [-0.25, -0.2) is 4.79 Å². The van der Waals surface area contributed by atoms with Crippen LogP contribution in [0.2, 0.25) is 0 Å². The summed E-state index contributed by atoms with van der Waals surface area (Å²) in [5, 5.41) is 29.4. The lowest BCUT2D eigenvalue weighted by Crippen LogP contribution is -2.19. The molecule has 1 aliphatic rings. The highest BCUT2D eigenvalue weighted by Gasteiger charge is 2.39. The Morgan fingerprint density at radius 2 is 2.15 bits per heavy atom. The zero-order valence-corrected chi connectivity index (χ0v) is 17.5. The molecule has 5 atom stereocenters. The highest BCUT2D eigenvalue weighted by atomic mass is 35.5. The van der Waals surface area contributed by atoms with E-state index in [0.717, 1.165) is 49.8 Å². The molecule has 4 nitrogen and oxygen atoms in total. The van der Waals surface area contributed by atoms with Crippen LogP contribution < -0.4 is 0 Å². The van der Waals surface area contributed by atoms with E-state index in [2.05, 4.69) is 6.92 Å². The zero-order valence-electron chi connectivity index (χ0n) is 15.9. The van der Waals surface area contributed by atoms with Gasteiger partial charge in [0.2, 0.25) is 0 Å². The Morgan fingerprint density at radius 3 is 2.81 bits per heavy atom. The molecule has 0 radical (unpaired) electrons. The van der Waals surface area contributed by atoms with Gasteiger partial charge < -0.3 is 15.3 Å². The number of carbonyl (C=O) groups is 1. The third-order valence-electron chi connectivity index (χ3n) is 5.36. The number of hydrogen-bond acceptors (Lipinski definition) is 4. The molecule has 6 heteroatoms. The summed E-state index contributed by atoms with van der Waals surface area (Å²) in [5.74, 6) is -0.723. The maximum atomic E-state index is 11.0. The summed E-state index contributed by atoms with van der Waals surface area (Å²) < 4.78 is 0. The molecule has 1 aromatic heterocycles. The molecule has 0 aromatic carbocycles. The van der Waals surface area contributed by atoms with Crippen LogP contribution in [-0.4, -0.2) is 38.9 Å². The largest absolute Gasteiger partial charge is 0.477 e. The van der Waals surface area contributed by atoms with Crippen LogP contribution in [0.25, 0.3) is 0 Å². The van der Waals surface area contributed by atoms with E-state index < -0.39 is 18.2 Å². The number of aryl methyl sites for hydroxylation is 1. The number of alkyl halides is 1. The van der Waals surface area contributed by atoms with Gasteiger partial charge in [-0.15, -0.1) is 22.9 Å². The lowest BCUT2D eigenvalue weighted by atomic mass is 9.89. The van der Waals surface area contributed by atoms with Crippen LogP contribution in [0, 0.1) is 11.8 Å². The van der Waals surface area contributed by atoms with E-state index in [1.54, 1.807) is 6.07 Å². The van der Waals surface area contributed by atoms with Gasteiger partial charge >= 0.3 is 5.97 Å². The monoisotopic (exact) mass is 414 g/mol. The molecule has 152 valence electrons. The molecular formula is C21H31ClO4S. The number of aliphatic hydroxyl groups excluding tert-OH is 2. The zero-order chi connectivity index (χ0) is 19.8. The number of thiophene rings is 1. The Morgan fingerprint density at radius 1 is 1.37 bits per heavy atom. The third kappa shape index (κ3) is 6.90. The van der Waals surface area contributed by atoms with Crippen molar-refractivity contribution in [3.8, 4) is 0 Å². The van der Waals surface area contributed by atoms with Crippen molar-refractivity contribution >= 4 is 28.9 Å². The van der Waals surface area contributed by atoms with Gasteiger partial charge in [-0.1, -0.05) is 38.3 Å². The second kappa shape index (κ2) is 11.2. The van der Waals surface area contributed by atoms with Gasteiger partial charge in [0.15, 0.2) is 0 Å². The van der Waals surface area contributed by atoms with Crippen LogP contribution in [0.15, 0.2) is 24.3 Å². The predicted octanol–water partition coefficient (Wildman–Crippen LogP) is 4.87. The molecule has 2 rings (SSSR count). The minimum absolute atomic E-state index is 0.0220. The van der Waals surface area contributed by atoms with Crippen molar-refractivity contribution in [2.24, 2.45) is 11.8 Å². The fraction of sp³-hybridized carbons (Fsp3) is 0.667. The Bertz CT molecular complexity index is 615. The van der Waals surface area contributed by atoms with Crippen LogP contribution in [-0.2, 0) is 6.42 Å². The molecule has 0 unspecified atom stereocenters. The van der Waals surface area contributed by atoms with E-state index in [0.29, 0.717) is 11.3 Å². The normalized spacial score (nSPS) is 26.7. The summed E-state index contributed by atoms with van der Waals surface area (Å²) in [6.07, 6.45) is 10.1. The summed E-state index contributed by atoms with van der Waals surface area (Å²) in [5.41, 5.74) is 0. The fourth-order valence-electron chi connectivity index (χ4n) is 3.83. The molecule has 0 saturated heterocycles. The summed E-state index contributed by atoms with van der Waals surface area (Å²) >= 11 is 7.80. The van der Waals surface area contributed by atoms with E-state index in [1.165, 1.54) is 11.3 Å². The lowest BCUT2D eigenvalue weighted by molar-refractivity contribution is 0.0702. The van der Waals surface area contributed by atoms with E-state index in [-0.39, 0.29) is 17.2 Å². The first kappa shape index (κ1) is 22.4. The minimum Gasteiger partial charge on any atom is -0.477 e. The first-order chi connectivity index (χ1) is 12.9. The van der Waals surface area contributed by atoms with Gasteiger partial charge in [-0.3, -0.25) is 0 Å². The summed E-state index contributed by atoms with van der Waals surface area (Å²) in [6.45, 7) is 2.14. The number of carboxylic acid groups (broad SMARTS) is 1. The molecule has 0 aliphatic heterocycles. The van der Waals surface area contributed by atoms with Crippen LogP contribution in [0.4, 0.5) is 0 Å². The van der Waals surface area contributed by atoms with Crippen molar-refractivity contribution in [3.05, 3.63) is 34.0 Å². The van der Waals surface area contributed by atoms with Crippen molar-refractivity contribution in [2.75, 3.05) is 0 Å². The number of aromatic carboxylic acids is 1. The maximum absolute atomic E-state index is 11.0. The fourth-order valence-corrected chi connectivity index (χ4v) is 5.19. The van der Waals surface area contributed by atoms with Gasteiger partial charge in [0.25, 0.3) is 0 Å². The average Bonchev–Trinajstić information content (AvgIpc) is 3.19. The Labute approximate surface area is 170 Å². The van der Waals surface area contributed by atoms with Crippen molar-refractivity contribution in [2.45, 2.75) is 75.9 Å². The first-order valence-electron chi connectivity index (χ1n) is 9.92. The van der Waals surface area contributed by atoms with Gasteiger partial charge in [0.1, 0.15) is 4.88 Å². The SMILES string of the molecule is CCCCC[C@H](O)C=C[C@H]1[C@@H](CCCc2ccc(C(=O)O)s2)[C@@H](Cl)C[C@H]1O. The number of rotatable bonds is 11. The highest BCUT2D eigenvalue weighted by molar-refractivity contribution is 7.13. The number of unbranched alkanes of at least 4 members (excludes halogenated alkanes) is 2. The van der Waals surface area contributed by atoms with Crippen LogP contribution >= 0.6 is 22.9 Å². The number of aliphatic hydroxyl groups is 2. The number of hydrogen-bond donors (Lipinski definition) is 3. The standard InChI is InChI=1S/C21H31ClO4S/c1-2-3-4-6-14(23)9-11-17-16(18(22)13-19(17)24)8-5-7-15-10-12-20(27-15)21(25)26/h9-12,14,16-19,23-24H,2-8,13H2,1H3,(H,25,26)/t14-,16+,17-,18-,19+/m0/s1. The molecule has 3 N–H and O–H groups in total. The molecule has 0 amide bonds. The van der Waals surface area contributed by atoms with E-state index in [1.807, 2.05) is 18.2 Å². The second-order valence-electron chi connectivity index (χ2n) is 7.47. The second-order valence-corrected chi connectivity index (χ2v) is 9.20.